The van der Waals surface area contributed by atoms with E-state index in [2.05, 4.69) is 28.3 Å². The van der Waals surface area contributed by atoms with Crippen LogP contribution in [0.5, 0.6) is 0 Å². The summed E-state index contributed by atoms with van der Waals surface area (Å²) in [6, 6.07) is 9.95. The summed E-state index contributed by atoms with van der Waals surface area (Å²) < 4.78 is 0. The number of fused-ring (bicyclic) bond motifs is 1. The van der Waals surface area contributed by atoms with Crippen LogP contribution < -0.4 is 5.32 Å². The second kappa shape index (κ2) is 5.38. The molecule has 0 fully saturated rings. The minimum atomic E-state index is 0.653. The van der Waals surface area contributed by atoms with Crippen LogP contribution in [0.2, 0.25) is 5.02 Å². The molecule has 1 aromatic carbocycles. The number of aryl methyl sites for hydroxylation is 2. The van der Waals surface area contributed by atoms with Crippen molar-refractivity contribution in [3.8, 4) is 0 Å². The van der Waals surface area contributed by atoms with E-state index in [1.165, 1.54) is 4.88 Å². The summed E-state index contributed by atoms with van der Waals surface area (Å²) in [5.74, 6) is 1.65. The van der Waals surface area contributed by atoms with Gasteiger partial charge in [-0.05, 0) is 31.5 Å². The van der Waals surface area contributed by atoms with E-state index in [0.29, 0.717) is 6.54 Å². The smallest absolute Gasteiger partial charge is 0.138 e. The van der Waals surface area contributed by atoms with Gasteiger partial charge in [-0.15, -0.1) is 11.3 Å². The number of rotatable bonds is 3. The van der Waals surface area contributed by atoms with E-state index < -0.39 is 0 Å². The fraction of sp³-hybridized carbons (Fsp3) is 0.200. The molecule has 1 N–H and O–H groups in total. The van der Waals surface area contributed by atoms with Crippen LogP contribution in [-0.2, 0) is 6.54 Å². The van der Waals surface area contributed by atoms with Crippen molar-refractivity contribution >= 4 is 39.0 Å². The molecule has 5 heteroatoms. The molecule has 0 amide bonds. The molecule has 0 aliphatic carbocycles. The number of hydrogen-bond acceptors (Lipinski definition) is 4. The molecule has 0 unspecified atom stereocenters. The Bertz CT molecular complexity index is 767. The topological polar surface area (TPSA) is 37.8 Å². The largest absolute Gasteiger partial charge is 0.365 e. The Morgan fingerprint density at radius 3 is 2.80 bits per heavy atom. The van der Waals surface area contributed by atoms with Crippen molar-refractivity contribution in [1.82, 2.24) is 9.97 Å². The average molecular weight is 304 g/mol. The van der Waals surface area contributed by atoms with Gasteiger partial charge in [0.2, 0.25) is 0 Å². The van der Waals surface area contributed by atoms with Crippen molar-refractivity contribution in [2.75, 3.05) is 5.32 Å². The van der Waals surface area contributed by atoms with Crippen LogP contribution in [0.3, 0.4) is 0 Å². The zero-order valence-electron chi connectivity index (χ0n) is 11.3. The lowest BCUT2D eigenvalue weighted by molar-refractivity contribution is 1.06. The van der Waals surface area contributed by atoms with Gasteiger partial charge in [-0.1, -0.05) is 29.8 Å². The predicted molar refractivity (Wildman–Crippen MR) is 85.7 cm³/mol. The Labute approximate surface area is 126 Å². The van der Waals surface area contributed by atoms with Crippen molar-refractivity contribution in [2.24, 2.45) is 0 Å². The molecule has 3 rings (SSSR count). The number of aromatic nitrogens is 2. The summed E-state index contributed by atoms with van der Waals surface area (Å²) in [4.78, 5) is 11.2. The van der Waals surface area contributed by atoms with E-state index in [1.54, 1.807) is 11.3 Å². The summed E-state index contributed by atoms with van der Waals surface area (Å²) in [5.41, 5.74) is 1.06. The first-order valence-corrected chi connectivity index (χ1v) is 7.55. The van der Waals surface area contributed by atoms with Crippen LogP contribution in [0.1, 0.15) is 16.3 Å². The minimum Gasteiger partial charge on any atom is -0.365 e. The zero-order valence-corrected chi connectivity index (χ0v) is 12.8. The number of nitrogens with one attached hydrogen (secondary N) is 1. The number of halogens is 1. The first-order chi connectivity index (χ1) is 9.63. The number of benzene rings is 1. The van der Waals surface area contributed by atoms with Crippen LogP contribution >= 0.6 is 22.9 Å². The third-order valence-electron chi connectivity index (χ3n) is 3.03. The maximum atomic E-state index is 6.17. The molecule has 0 radical (unpaired) electrons. The van der Waals surface area contributed by atoms with Gasteiger partial charge in [0, 0.05) is 16.4 Å². The highest BCUT2D eigenvalue weighted by atomic mass is 35.5. The van der Waals surface area contributed by atoms with Crippen LogP contribution in [0, 0.1) is 13.8 Å². The second-order valence-corrected chi connectivity index (χ2v) is 6.28. The fourth-order valence-corrected chi connectivity index (χ4v) is 3.23. The highest BCUT2D eigenvalue weighted by Gasteiger charge is 2.09. The van der Waals surface area contributed by atoms with Crippen molar-refractivity contribution in [3.05, 3.63) is 51.6 Å². The summed E-state index contributed by atoms with van der Waals surface area (Å²) in [6.07, 6.45) is 0. The third kappa shape index (κ3) is 2.62. The number of nitrogens with zero attached hydrogens (tertiary/aromatic N) is 2. The third-order valence-corrected chi connectivity index (χ3v) is 4.34. The van der Waals surface area contributed by atoms with E-state index in [1.807, 2.05) is 31.2 Å². The first kappa shape index (κ1) is 13.3. The molecule has 0 saturated carbocycles. The van der Waals surface area contributed by atoms with Crippen LogP contribution in [0.15, 0.2) is 30.3 Å². The molecule has 3 aromatic rings. The molecule has 102 valence electrons. The van der Waals surface area contributed by atoms with Gasteiger partial charge in [-0.25, -0.2) is 9.97 Å². The molecule has 0 aliphatic heterocycles. The quantitative estimate of drug-likeness (QED) is 0.770. The fourth-order valence-electron chi connectivity index (χ4n) is 2.10. The summed E-state index contributed by atoms with van der Waals surface area (Å²) in [6.45, 7) is 4.65. The molecule has 0 atom stereocenters. The Morgan fingerprint density at radius 1 is 1.20 bits per heavy atom. The van der Waals surface area contributed by atoms with Gasteiger partial charge in [-0.2, -0.15) is 0 Å². The molecular weight excluding hydrogens is 290 g/mol. The molecule has 3 nitrogen and oxygen atoms in total. The van der Waals surface area contributed by atoms with E-state index >= 15 is 0 Å². The van der Waals surface area contributed by atoms with E-state index in [4.69, 9.17) is 11.6 Å². The lowest BCUT2D eigenvalue weighted by Gasteiger charge is -2.08. The molecule has 0 bridgehead atoms. The lowest BCUT2D eigenvalue weighted by atomic mass is 10.2. The summed E-state index contributed by atoms with van der Waals surface area (Å²) in [5, 5.41) is 5.21. The summed E-state index contributed by atoms with van der Waals surface area (Å²) >= 11 is 7.86. The van der Waals surface area contributed by atoms with Crippen molar-refractivity contribution in [2.45, 2.75) is 20.4 Å². The Morgan fingerprint density at radius 2 is 2.00 bits per heavy atom. The summed E-state index contributed by atoms with van der Waals surface area (Å²) in [7, 11) is 0. The minimum absolute atomic E-state index is 0.653. The molecule has 20 heavy (non-hydrogen) atoms. The van der Waals surface area contributed by atoms with Crippen molar-refractivity contribution in [3.63, 3.8) is 0 Å². The SMILES string of the molecule is Cc1nc(NCc2ccccc2Cl)c2cc(C)sc2n1. The Hall–Kier alpha value is -1.65. The maximum Gasteiger partial charge on any atom is 0.138 e. The predicted octanol–water partition coefficient (Wildman–Crippen LogP) is 4.57. The van der Waals surface area contributed by atoms with Crippen LogP contribution in [-0.4, -0.2) is 9.97 Å². The van der Waals surface area contributed by atoms with Gasteiger partial charge in [0.25, 0.3) is 0 Å². The molecule has 2 heterocycles. The molecule has 2 aromatic heterocycles. The van der Waals surface area contributed by atoms with E-state index in [9.17, 15) is 0 Å². The van der Waals surface area contributed by atoms with Gasteiger partial charge in [0.05, 0.1) is 5.39 Å². The monoisotopic (exact) mass is 303 g/mol. The van der Waals surface area contributed by atoms with Crippen LogP contribution in [0.4, 0.5) is 5.82 Å². The van der Waals surface area contributed by atoms with Gasteiger partial charge in [-0.3, -0.25) is 0 Å². The highest BCUT2D eigenvalue weighted by molar-refractivity contribution is 7.18. The van der Waals surface area contributed by atoms with Crippen molar-refractivity contribution in [1.29, 1.82) is 0 Å². The van der Waals surface area contributed by atoms with E-state index in [-0.39, 0.29) is 0 Å². The standard InChI is InChI=1S/C15H14ClN3S/c1-9-7-12-14(18-10(2)19-15(12)20-9)17-8-11-5-3-4-6-13(11)16/h3-7H,8H2,1-2H3,(H,17,18,19). The lowest BCUT2D eigenvalue weighted by Crippen LogP contribution is -2.03. The molecule has 0 spiro atoms. The van der Waals surface area contributed by atoms with Crippen molar-refractivity contribution < 1.29 is 0 Å². The molecule has 0 aliphatic rings. The van der Waals surface area contributed by atoms with Crippen LogP contribution in [0.25, 0.3) is 10.2 Å². The first-order valence-electron chi connectivity index (χ1n) is 6.35. The van der Waals surface area contributed by atoms with Gasteiger partial charge < -0.3 is 5.32 Å². The van der Waals surface area contributed by atoms with Gasteiger partial charge in [0.15, 0.2) is 0 Å². The normalized spacial score (nSPS) is 10.9. The second-order valence-electron chi connectivity index (χ2n) is 4.64. The Balaban J connectivity index is 1.93. The maximum absolute atomic E-state index is 6.17. The van der Waals surface area contributed by atoms with Gasteiger partial charge >= 0.3 is 0 Å². The Kier molecular flexibility index (Phi) is 3.59. The number of anilines is 1. The van der Waals surface area contributed by atoms with Gasteiger partial charge in [0.1, 0.15) is 16.5 Å². The number of thiophene rings is 1. The zero-order chi connectivity index (χ0) is 14.1. The molecule has 0 saturated heterocycles. The highest BCUT2D eigenvalue weighted by Crippen LogP contribution is 2.29. The molecular formula is C15H14ClN3S. The average Bonchev–Trinajstić information content (AvgIpc) is 2.77. The van der Waals surface area contributed by atoms with E-state index in [0.717, 1.165) is 32.4 Å². The number of hydrogen-bond donors (Lipinski definition) is 1.